The van der Waals surface area contributed by atoms with Gasteiger partial charge in [0.1, 0.15) is 0 Å². The molecule has 0 amide bonds. The second-order valence-corrected chi connectivity index (χ2v) is 7.30. The summed E-state index contributed by atoms with van der Waals surface area (Å²) in [4.78, 5) is 0. The van der Waals surface area contributed by atoms with Gasteiger partial charge in [-0.05, 0) is 29.6 Å². The summed E-state index contributed by atoms with van der Waals surface area (Å²) in [6.07, 6.45) is 0. The Labute approximate surface area is 180 Å². The van der Waals surface area contributed by atoms with Crippen molar-refractivity contribution >= 4 is 10.1 Å². The Hall–Kier alpha value is -1.21. The zero-order valence-corrected chi connectivity index (χ0v) is 19.9. The summed E-state index contributed by atoms with van der Waals surface area (Å²) in [5.74, 6) is 4.68. The van der Waals surface area contributed by atoms with E-state index < -0.39 is 15.6 Å². The summed E-state index contributed by atoms with van der Waals surface area (Å²) >= 11 is 0. The van der Waals surface area contributed by atoms with E-state index in [4.69, 9.17) is 28.8 Å². The van der Waals surface area contributed by atoms with Crippen LogP contribution < -0.4 is 0 Å². The minimum Gasteiger partial charge on any atom is -0.279 e. The minimum absolute atomic E-state index is 0. The van der Waals surface area contributed by atoms with Crippen molar-refractivity contribution in [1.82, 2.24) is 0 Å². The third-order valence-corrected chi connectivity index (χ3v) is 5.02. The first-order valence-electron chi connectivity index (χ1n) is 8.01. The number of alkyl halides is 3. The van der Waals surface area contributed by atoms with E-state index in [1.54, 1.807) is 18.2 Å². The van der Waals surface area contributed by atoms with Crippen molar-refractivity contribution in [2.45, 2.75) is 60.9 Å². The Bertz CT molecular complexity index is 535. The Balaban J connectivity index is -0.0000000878. The van der Waals surface area contributed by atoms with Gasteiger partial charge in [-0.15, -0.1) is 0 Å². The van der Waals surface area contributed by atoms with Gasteiger partial charge in [0.25, 0.3) is 0 Å². The van der Waals surface area contributed by atoms with Crippen LogP contribution in [0.3, 0.4) is 0 Å². The van der Waals surface area contributed by atoms with Crippen molar-refractivity contribution in [3.8, 4) is 18.2 Å². The van der Waals surface area contributed by atoms with E-state index in [9.17, 15) is 13.2 Å². The first-order chi connectivity index (χ1) is 12.0. The quantitative estimate of drug-likeness (QED) is 0.270. The van der Waals surface area contributed by atoms with Gasteiger partial charge in [0.2, 0.25) is 0 Å². The topological polar surface area (TPSA) is 126 Å². The third kappa shape index (κ3) is 18.2. The van der Waals surface area contributed by atoms with Gasteiger partial charge in [0.15, 0.2) is 0 Å². The molecule has 1 fully saturated rings. The molecule has 0 aromatic heterocycles. The predicted molar refractivity (Wildman–Crippen MR) is 97.3 cm³/mol. The van der Waals surface area contributed by atoms with E-state index >= 15 is 0 Å². The van der Waals surface area contributed by atoms with Crippen LogP contribution in [0.4, 0.5) is 13.2 Å². The Morgan fingerprint density at radius 2 is 0.786 bits per heavy atom. The van der Waals surface area contributed by atoms with Crippen molar-refractivity contribution in [2.75, 3.05) is 0 Å². The molecule has 1 rings (SSSR count). The maximum Gasteiger partial charge on any atom is 1.00 e. The zero-order valence-electron chi connectivity index (χ0n) is 17.4. The molecule has 1 radical (unpaired) electrons. The summed E-state index contributed by atoms with van der Waals surface area (Å²) in [5, 5.41) is 22.0. The number of nitriles is 3. The smallest absolute Gasteiger partial charge is 0.279 e. The number of halogens is 3. The minimum atomic E-state index is -5.84. The fraction of sp³-hybridized carbons (Fsp3) is 0.824. The van der Waals surface area contributed by atoms with Crippen LogP contribution >= 0.6 is 0 Å². The van der Waals surface area contributed by atoms with Crippen molar-refractivity contribution in [1.29, 1.82) is 15.8 Å². The van der Waals surface area contributed by atoms with Gasteiger partial charge in [-0.25, -0.2) is 0 Å². The Kier molecular flexibility index (Phi) is 25.6. The normalized spacial score (nSPS) is 24.7. The van der Waals surface area contributed by atoms with Gasteiger partial charge in [-0.3, -0.25) is 4.55 Å². The van der Waals surface area contributed by atoms with Crippen molar-refractivity contribution in [2.24, 2.45) is 29.6 Å². The maximum atomic E-state index is 10.7. The molecule has 1 saturated carbocycles. The zero-order chi connectivity index (χ0) is 23.0. The monoisotopic (exact) mass is 515 g/mol. The molecule has 1 aliphatic rings. The predicted octanol–water partition coefficient (Wildman–Crippen LogP) is 5.16. The average Bonchev–Trinajstić information content (AvgIpc) is 2.66. The Morgan fingerprint density at radius 3 is 0.821 bits per heavy atom. The first-order valence-corrected chi connectivity index (χ1v) is 9.45. The fourth-order valence-electron chi connectivity index (χ4n) is 2.39. The van der Waals surface area contributed by atoms with E-state index in [-0.39, 0.29) is 19.5 Å². The standard InChI is InChI=1S/C10H20.3C2H3N.CHF3O3S.Ru/c1-6-7(2)9(4)10(5)8(6)3;3*1-2-3;2-1(3,4)8(5,6)7;/h6-10H,1-5H3;3*1H3;(H,5,6,7);/q;;;;;+1. The molecule has 0 aromatic rings. The van der Waals surface area contributed by atoms with Gasteiger partial charge in [-0.1, -0.05) is 34.6 Å². The van der Waals surface area contributed by atoms with Crippen LogP contribution in [0.1, 0.15) is 55.4 Å². The molecule has 165 valence electrons. The molecule has 11 heteroatoms. The summed E-state index contributed by atoms with van der Waals surface area (Å²) < 4.78 is 57.5. The maximum absolute atomic E-state index is 10.7. The van der Waals surface area contributed by atoms with Crippen molar-refractivity contribution in [3.63, 3.8) is 0 Å². The number of rotatable bonds is 0. The van der Waals surface area contributed by atoms with Crippen LogP contribution in [0.2, 0.25) is 0 Å². The molecule has 0 aliphatic heterocycles. The molecule has 1 aliphatic carbocycles. The van der Waals surface area contributed by atoms with Crippen LogP contribution in [0.15, 0.2) is 0 Å². The van der Waals surface area contributed by atoms with Crippen LogP contribution in [0.25, 0.3) is 0 Å². The van der Waals surface area contributed by atoms with E-state index in [2.05, 4.69) is 34.6 Å². The molecular weight excluding hydrogens is 484 g/mol. The molecule has 0 unspecified atom stereocenters. The van der Waals surface area contributed by atoms with Crippen molar-refractivity contribution < 1.29 is 45.6 Å². The molecular formula is C17H30F3N3O3RuS+. The van der Waals surface area contributed by atoms with Gasteiger partial charge >= 0.3 is 35.1 Å². The van der Waals surface area contributed by atoms with Crippen molar-refractivity contribution in [3.05, 3.63) is 0 Å². The third-order valence-electron chi connectivity index (χ3n) is 4.44. The fourth-order valence-corrected chi connectivity index (χ4v) is 2.39. The van der Waals surface area contributed by atoms with Crippen LogP contribution in [0, 0.1) is 63.6 Å². The second kappa shape index (κ2) is 19.1. The van der Waals surface area contributed by atoms with Crippen LogP contribution in [-0.2, 0) is 29.6 Å². The molecule has 0 atom stereocenters. The number of hydrogen-bond donors (Lipinski definition) is 1. The molecule has 0 saturated heterocycles. The van der Waals surface area contributed by atoms with Crippen LogP contribution in [-0.4, -0.2) is 18.5 Å². The average molecular weight is 515 g/mol. The molecule has 1 N–H and O–H groups in total. The van der Waals surface area contributed by atoms with E-state index in [1.807, 2.05) is 0 Å². The second-order valence-electron chi connectivity index (χ2n) is 5.89. The van der Waals surface area contributed by atoms with Gasteiger partial charge in [0.05, 0.1) is 18.2 Å². The molecule has 6 nitrogen and oxygen atoms in total. The van der Waals surface area contributed by atoms with Gasteiger partial charge in [0, 0.05) is 20.8 Å². The van der Waals surface area contributed by atoms with Gasteiger partial charge < -0.3 is 0 Å². The molecule has 0 spiro atoms. The number of nitrogens with zero attached hydrogens (tertiary/aromatic N) is 3. The molecule has 0 bridgehead atoms. The molecule has 0 aromatic carbocycles. The summed E-state index contributed by atoms with van der Waals surface area (Å²) in [5.41, 5.74) is -5.53. The molecule has 28 heavy (non-hydrogen) atoms. The Morgan fingerprint density at radius 1 is 0.714 bits per heavy atom. The SMILES string of the molecule is CC#N.CC#N.CC#N.CC1C(C)C(C)C(C)C1C.O=S(=O)(O)C(F)(F)F.[Ru+]. The largest absolute Gasteiger partial charge is 1.00 e. The summed E-state index contributed by atoms with van der Waals surface area (Å²) in [7, 11) is -5.84. The summed E-state index contributed by atoms with van der Waals surface area (Å²) in [6.45, 7) is 16.3. The van der Waals surface area contributed by atoms with Gasteiger partial charge in [-0.2, -0.15) is 37.4 Å². The van der Waals surface area contributed by atoms with E-state index in [0.29, 0.717) is 0 Å². The van der Waals surface area contributed by atoms with E-state index in [0.717, 1.165) is 29.6 Å². The number of hydrogen-bond acceptors (Lipinski definition) is 5. The summed E-state index contributed by atoms with van der Waals surface area (Å²) in [6, 6.07) is 5.25. The van der Waals surface area contributed by atoms with E-state index in [1.165, 1.54) is 20.8 Å². The van der Waals surface area contributed by atoms with Crippen LogP contribution in [0.5, 0.6) is 0 Å². The molecule has 0 heterocycles. The first kappa shape index (κ1) is 37.5.